The third-order valence-corrected chi connectivity index (χ3v) is 6.27. The minimum atomic E-state index is 0.697. The molecule has 0 atom stereocenters. The number of nitrogens with zero attached hydrogens (tertiary/aromatic N) is 3. The molecule has 0 radical (unpaired) electrons. The van der Waals surface area contributed by atoms with Gasteiger partial charge in [-0.15, -0.1) is 0 Å². The van der Waals surface area contributed by atoms with Gasteiger partial charge in [0, 0.05) is 41.3 Å². The van der Waals surface area contributed by atoms with Crippen molar-refractivity contribution in [1.29, 1.82) is 0 Å². The van der Waals surface area contributed by atoms with Gasteiger partial charge in [-0.05, 0) is 38.1 Å². The molecule has 0 saturated carbocycles. The van der Waals surface area contributed by atoms with E-state index in [1.165, 1.54) is 23.8 Å². The Morgan fingerprint density at radius 2 is 1.66 bits per heavy atom. The van der Waals surface area contributed by atoms with E-state index in [0.29, 0.717) is 6.04 Å². The Morgan fingerprint density at radius 1 is 1.00 bits per heavy atom. The predicted molar refractivity (Wildman–Crippen MR) is 124 cm³/mol. The molecule has 0 amide bonds. The van der Waals surface area contributed by atoms with E-state index in [1.807, 2.05) is 6.07 Å². The van der Waals surface area contributed by atoms with E-state index in [1.54, 1.807) is 0 Å². The third kappa shape index (κ3) is 4.06. The molecule has 0 N–H and O–H groups in total. The van der Waals surface area contributed by atoms with E-state index >= 15 is 0 Å². The van der Waals surface area contributed by atoms with Crippen molar-refractivity contribution in [3.05, 3.63) is 72.8 Å². The van der Waals surface area contributed by atoms with Gasteiger partial charge < -0.3 is 9.80 Å². The SMILES string of the molecule is C=C(c1cc(-c2ccccc2)nc2ccccc12)N1CCC(N(CC)CC)CC1. The molecular weight excluding hydrogens is 354 g/mol. The van der Waals surface area contributed by atoms with Crippen LogP contribution in [0.2, 0.25) is 0 Å². The Balaban J connectivity index is 1.64. The maximum Gasteiger partial charge on any atom is 0.0716 e. The number of hydrogen-bond donors (Lipinski definition) is 0. The first-order valence-electron chi connectivity index (χ1n) is 10.8. The maximum atomic E-state index is 4.92. The lowest BCUT2D eigenvalue weighted by molar-refractivity contribution is 0.144. The van der Waals surface area contributed by atoms with Crippen LogP contribution in [0.3, 0.4) is 0 Å². The molecule has 1 aliphatic heterocycles. The normalized spacial score (nSPS) is 15.2. The van der Waals surface area contributed by atoms with Crippen LogP contribution >= 0.6 is 0 Å². The highest BCUT2D eigenvalue weighted by atomic mass is 15.2. The molecule has 150 valence electrons. The number of likely N-dealkylation sites (tertiary alicyclic amines) is 1. The number of piperidine rings is 1. The fourth-order valence-corrected chi connectivity index (χ4v) is 4.58. The summed E-state index contributed by atoms with van der Waals surface area (Å²) in [6.45, 7) is 13.5. The number of hydrogen-bond acceptors (Lipinski definition) is 3. The Bertz CT molecular complexity index is 968. The molecule has 0 aliphatic carbocycles. The number of fused-ring (bicyclic) bond motifs is 1. The van der Waals surface area contributed by atoms with E-state index in [-0.39, 0.29) is 0 Å². The first kappa shape index (κ1) is 19.7. The number of rotatable bonds is 6. The Hall–Kier alpha value is -2.65. The molecule has 2 aromatic carbocycles. The van der Waals surface area contributed by atoms with Crippen LogP contribution in [0.1, 0.15) is 32.3 Å². The molecule has 2 heterocycles. The quantitative estimate of drug-likeness (QED) is 0.544. The summed E-state index contributed by atoms with van der Waals surface area (Å²) in [7, 11) is 0. The lowest BCUT2D eigenvalue weighted by Gasteiger charge is -2.39. The summed E-state index contributed by atoms with van der Waals surface area (Å²) in [6.07, 6.45) is 2.41. The van der Waals surface area contributed by atoms with Crippen LogP contribution in [0.25, 0.3) is 27.9 Å². The molecule has 3 aromatic rings. The average Bonchev–Trinajstić information content (AvgIpc) is 2.80. The minimum absolute atomic E-state index is 0.697. The van der Waals surface area contributed by atoms with Gasteiger partial charge in [-0.25, -0.2) is 4.98 Å². The van der Waals surface area contributed by atoms with Crippen LogP contribution in [0.4, 0.5) is 0 Å². The van der Waals surface area contributed by atoms with Gasteiger partial charge in [-0.1, -0.05) is 69.0 Å². The smallest absolute Gasteiger partial charge is 0.0716 e. The molecule has 0 spiro atoms. The van der Waals surface area contributed by atoms with Crippen molar-refractivity contribution in [3.63, 3.8) is 0 Å². The van der Waals surface area contributed by atoms with E-state index in [0.717, 1.165) is 48.7 Å². The highest BCUT2D eigenvalue weighted by Gasteiger charge is 2.24. The first-order chi connectivity index (χ1) is 14.2. The predicted octanol–water partition coefficient (Wildman–Crippen LogP) is 5.68. The Labute approximate surface area is 174 Å². The van der Waals surface area contributed by atoms with Crippen molar-refractivity contribution in [1.82, 2.24) is 14.8 Å². The van der Waals surface area contributed by atoms with Gasteiger partial charge in [0.05, 0.1) is 11.2 Å². The standard InChI is InChI=1S/C26H31N3/c1-4-28(5-2)22-15-17-29(18-16-22)20(3)24-19-26(21-11-7-6-8-12-21)27-25-14-10-9-13-23(24)25/h6-14,19,22H,3-5,15-18H2,1-2H3. The summed E-state index contributed by atoms with van der Waals surface area (Å²) in [6, 6.07) is 21.8. The monoisotopic (exact) mass is 385 g/mol. The summed E-state index contributed by atoms with van der Waals surface area (Å²) >= 11 is 0. The molecule has 1 aromatic heterocycles. The second kappa shape index (κ2) is 8.79. The molecule has 29 heavy (non-hydrogen) atoms. The van der Waals surface area contributed by atoms with E-state index in [9.17, 15) is 0 Å². The van der Waals surface area contributed by atoms with Crippen molar-refractivity contribution >= 4 is 16.6 Å². The second-order valence-corrected chi connectivity index (χ2v) is 7.82. The van der Waals surface area contributed by atoms with E-state index in [4.69, 9.17) is 4.98 Å². The third-order valence-electron chi connectivity index (χ3n) is 6.27. The molecule has 0 unspecified atom stereocenters. The summed E-state index contributed by atoms with van der Waals surface area (Å²) in [5.41, 5.74) is 5.52. The largest absolute Gasteiger partial charge is 0.371 e. The number of para-hydroxylation sites is 1. The molecule has 1 saturated heterocycles. The van der Waals surface area contributed by atoms with Gasteiger partial charge in [0.2, 0.25) is 0 Å². The lowest BCUT2D eigenvalue weighted by atomic mass is 9.98. The van der Waals surface area contributed by atoms with Crippen LogP contribution in [0.5, 0.6) is 0 Å². The van der Waals surface area contributed by atoms with E-state index in [2.05, 4.69) is 84.8 Å². The zero-order chi connectivity index (χ0) is 20.2. The van der Waals surface area contributed by atoms with Crippen molar-refractivity contribution in [2.45, 2.75) is 32.7 Å². The van der Waals surface area contributed by atoms with Gasteiger partial charge in [0.1, 0.15) is 0 Å². The lowest BCUT2D eigenvalue weighted by Crippen LogP contribution is -2.44. The number of pyridine rings is 1. The maximum absolute atomic E-state index is 4.92. The van der Waals surface area contributed by atoms with Crippen LogP contribution < -0.4 is 0 Å². The summed E-state index contributed by atoms with van der Waals surface area (Å²) in [4.78, 5) is 9.99. The van der Waals surface area contributed by atoms with Crippen molar-refractivity contribution in [3.8, 4) is 11.3 Å². The molecule has 0 bridgehead atoms. The number of aromatic nitrogens is 1. The van der Waals surface area contributed by atoms with Gasteiger partial charge in [-0.2, -0.15) is 0 Å². The molecule has 3 nitrogen and oxygen atoms in total. The topological polar surface area (TPSA) is 19.4 Å². The molecule has 3 heteroatoms. The molecule has 1 aliphatic rings. The highest BCUT2D eigenvalue weighted by molar-refractivity contribution is 5.93. The molecule has 4 rings (SSSR count). The van der Waals surface area contributed by atoms with Gasteiger partial charge in [0.25, 0.3) is 0 Å². The van der Waals surface area contributed by atoms with Crippen molar-refractivity contribution in [2.75, 3.05) is 26.2 Å². The highest BCUT2D eigenvalue weighted by Crippen LogP contribution is 2.32. The summed E-state index contributed by atoms with van der Waals surface area (Å²) in [5.74, 6) is 0. The summed E-state index contributed by atoms with van der Waals surface area (Å²) in [5, 5.41) is 1.18. The van der Waals surface area contributed by atoms with Crippen LogP contribution in [0, 0.1) is 0 Å². The zero-order valence-corrected chi connectivity index (χ0v) is 17.6. The van der Waals surface area contributed by atoms with Gasteiger partial charge in [0.15, 0.2) is 0 Å². The minimum Gasteiger partial charge on any atom is -0.371 e. The van der Waals surface area contributed by atoms with Crippen LogP contribution in [0.15, 0.2) is 67.2 Å². The van der Waals surface area contributed by atoms with Crippen molar-refractivity contribution < 1.29 is 0 Å². The van der Waals surface area contributed by atoms with Gasteiger partial charge in [-0.3, -0.25) is 0 Å². The van der Waals surface area contributed by atoms with E-state index < -0.39 is 0 Å². The average molecular weight is 386 g/mol. The van der Waals surface area contributed by atoms with Crippen LogP contribution in [-0.2, 0) is 0 Å². The van der Waals surface area contributed by atoms with Gasteiger partial charge >= 0.3 is 0 Å². The Kier molecular flexibility index (Phi) is 5.96. The Morgan fingerprint density at radius 3 is 2.34 bits per heavy atom. The zero-order valence-electron chi connectivity index (χ0n) is 17.6. The second-order valence-electron chi connectivity index (χ2n) is 7.82. The molecular formula is C26H31N3. The van der Waals surface area contributed by atoms with Crippen LogP contribution in [-0.4, -0.2) is 47.0 Å². The van der Waals surface area contributed by atoms with Crippen molar-refractivity contribution in [2.24, 2.45) is 0 Å². The fraction of sp³-hybridized carbons (Fsp3) is 0.346. The molecule has 1 fully saturated rings. The summed E-state index contributed by atoms with van der Waals surface area (Å²) < 4.78 is 0. The first-order valence-corrected chi connectivity index (χ1v) is 10.8. The number of benzene rings is 2. The fourth-order valence-electron chi connectivity index (χ4n) is 4.58.